The first-order chi connectivity index (χ1) is 11.1. The molecule has 2 rings (SSSR count). The second kappa shape index (κ2) is 6.72. The van der Waals surface area contributed by atoms with E-state index in [0.29, 0.717) is 17.7 Å². The lowest BCUT2D eigenvalue weighted by molar-refractivity contribution is -0.275. The number of rotatable bonds is 5. The number of nitrogens with one attached hydrogen (secondary N) is 1. The third kappa shape index (κ3) is 4.19. The fraction of sp³-hybridized carbons (Fsp3) is 0.250. The van der Waals surface area contributed by atoms with Gasteiger partial charge in [0.05, 0.1) is 5.69 Å². The maximum atomic E-state index is 12.6. The molecule has 0 saturated heterocycles. The molecule has 1 N–H and O–H groups in total. The number of aryl methyl sites for hydroxylation is 2. The topological polar surface area (TPSA) is 55.4 Å². The van der Waals surface area contributed by atoms with E-state index >= 15 is 0 Å². The molecule has 24 heavy (non-hydrogen) atoms. The molecule has 0 fully saturated rings. The maximum Gasteiger partial charge on any atom is 0.573 e. The molecule has 4 nitrogen and oxygen atoms in total. The Balaban J connectivity index is 2.46. The summed E-state index contributed by atoms with van der Waals surface area (Å²) < 4.78 is 68.8. The van der Waals surface area contributed by atoms with Gasteiger partial charge in [0.25, 0.3) is 10.0 Å². The van der Waals surface area contributed by atoms with Gasteiger partial charge in [0.2, 0.25) is 0 Å². The van der Waals surface area contributed by atoms with Gasteiger partial charge in [-0.05, 0) is 36.6 Å². The highest BCUT2D eigenvalue weighted by molar-refractivity contribution is 7.92. The number of hydrogen-bond acceptors (Lipinski definition) is 3. The third-order valence-electron chi connectivity index (χ3n) is 3.34. The van der Waals surface area contributed by atoms with E-state index in [9.17, 15) is 21.6 Å². The van der Waals surface area contributed by atoms with Gasteiger partial charge in [-0.15, -0.1) is 13.2 Å². The van der Waals surface area contributed by atoms with Crippen LogP contribution in [0.5, 0.6) is 5.75 Å². The lowest BCUT2D eigenvalue weighted by Gasteiger charge is -2.17. The van der Waals surface area contributed by atoms with Crippen molar-refractivity contribution in [2.24, 2.45) is 0 Å². The van der Waals surface area contributed by atoms with Crippen molar-refractivity contribution in [1.82, 2.24) is 0 Å². The van der Waals surface area contributed by atoms with Crippen LogP contribution in [-0.4, -0.2) is 14.8 Å². The van der Waals surface area contributed by atoms with Crippen LogP contribution in [0.25, 0.3) is 0 Å². The Kier molecular flexibility index (Phi) is 5.08. The highest BCUT2D eigenvalue weighted by atomic mass is 32.2. The lowest BCUT2D eigenvalue weighted by Crippen LogP contribution is -2.21. The van der Waals surface area contributed by atoms with Crippen molar-refractivity contribution in [2.45, 2.75) is 31.5 Å². The van der Waals surface area contributed by atoms with E-state index in [1.54, 1.807) is 25.1 Å². The van der Waals surface area contributed by atoms with Crippen LogP contribution in [-0.2, 0) is 16.4 Å². The van der Waals surface area contributed by atoms with Crippen molar-refractivity contribution in [1.29, 1.82) is 0 Å². The number of hydrogen-bond donors (Lipinski definition) is 1. The van der Waals surface area contributed by atoms with E-state index < -0.39 is 27.0 Å². The van der Waals surface area contributed by atoms with Crippen molar-refractivity contribution in [3.63, 3.8) is 0 Å². The molecule has 2 aromatic rings. The largest absolute Gasteiger partial charge is 0.573 e. The number of sulfonamides is 1. The van der Waals surface area contributed by atoms with E-state index in [1.807, 2.05) is 6.92 Å². The predicted octanol–water partition coefficient (Wildman–Crippen LogP) is 4.26. The molecule has 0 unspecified atom stereocenters. The number of para-hydroxylation sites is 2. The van der Waals surface area contributed by atoms with Gasteiger partial charge in [-0.1, -0.05) is 37.3 Å². The van der Waals surface area contributed by atoms with E-state index in [-0.39, 0.29) is 0 Å². The van der Waals surface area contributed by atoms with Gasteiger partial charge in [-0.3, -0.25) is 4.72 Å². The van der Waals surface area contributed by atoms with Crippen molar-refractivity contribution in [3.8, 4) is 5.75 Å². The Bertz CT molecular complexity index is 833. The predicted molar refractivity (Wildman–Crippen MR) is 84.5 cm³/mol. The van der Waals surface area contributed by atoms with Gasteiger partial charge in [-0.2, -0.15) is 0 Å². The summed E-state index contributed by atoms with van der Waals surface area (Å²) in [4.78, 5) is -0.576. The van der Waals surface area contributed by atoms with Gasteiger partial charge in [0, 0.05) is 0 Å². The van der Waals surface area contributed by atoms with Crippen LogP contribution in [0.2, 0.25) is 0 Å². The zero-order valence-electron chi connectivity index (χ0n) is 13.0. The Labute approximate surface area is 138 Å². The minimum absolute atomic E-state index is 0.363. The summed E-state index contributed by atoms with van der Waals surface area (Å²) in [5.74, 6) is -0.774. The van der Waals surface area contributed by atoms with Crippen molar-refractivity contribution in [3.05, 3.63) is 53.6 Å². The van der Waals surface area contributed by atoms with E-state index in [2.05, 4.69) is 9.46 Å². The monoisotopic (exact) mass is 359 g/mol. The molecule has 0 heterocycles. The molecule has 2 aromatic carbocycles. The lowest BCUT2D eigenvalue weighted by atomic mass is 10.1. The molecular formula is C16H16F3NO3S. The standard InChI is InChI=1S/C16H16F3NO3S/c1-3-12-8-6-7-11(2)15(12)20-24(21,22)14-10-5-4-9-13(14)23-16(17,18)19/h4-10,20H,3H2,1-2H3. The summed E-state index contributed by atoms with van der Waals surface area (Å²) in [5.41, 5.74) is 1.78. The van der Waals surface area contributed by atoms with Crippen LogP contribution in [0.15, 0.2) is 47.4 Å². The summed E-state index contributed by atoms with van der Waals surface area (Å²) >= 11 is 0. The van der Waals surface area contributed by atoms with Crippen LogP contribution in [0.3, 0.4) is 0 Å². The number of anilines is 1. The highest BCUT2D eigenvalue weighted by Crippen LogP contribution is 2.32. The van der Waals surface area contributed by atoms with Crippen LogP contribution >= 0.6 is 0 Å². The first kappa shape index (κ1) is 18.1. The molecule has 0 radical (unpaired) electrons. The molecule has 8 heteroatoms. The second-order valence-corrected chi connectivity index (χ2v) is 6.71. The molecule has 0 aliphatic carbocycles. The number of halogens is 3. The molecule has 0 amide bonds. The van der Waals surface area contributed by atoms with Crippen LogP contribution in [0.1, 0.15) is 18.1 Å². The zero-order chi connectivity index (χ0) is 18.0. The Hall–Kier alpha value is -2.22. The quantitative estimate of drug-likeness (QED) is 0.868. The molecule has 0 aliphatic heterocycles. The van der Waals surface area contributed by atoms with Gasteiger partial charge in [-0.25, -0.2) is 8.42 Å². The minimum Gasteiger partial charge on any atom is -0.404 e. The third-order valence-corrected chi connectivity index (χ3v) is 4.73. The SMILES string of the molecule is CCc1cccc(C)c1NS(=O)(=O)c1ccccc1OC(F)(F)F. The number of ether oxygens (including phenoxy) is 1. The average molecular weight is 359 g/mol. The Morgan fingerprint density at radius 2 is 1.75 bits per heavy atom. The molecular weight excluding hydrogens is 343 g/mol. The Morgan fingerprint density at radius 3 is 2.38 bits per heavy atom. The van der Waals surface area contributed by atoms with Gasteiger partial charge < -0.3 is 4.74 Å². The molecule has 0 spiro atoms. The van der Waals surface area contributed by atoms with E-state index in [1.165, 1.54) is 12.1 Å². The van der Waals surface area contributed by atoms with Gasteiger partial charge in [0.15, 0.2) is 0 Å². The van der Waals surface area contributed by atoms with Gasteiger partial charge in [0.1, 0.15) is 10.6 Å². The number of alkyl halides is 3. The van der Waals surface area contributed by atoms with Crippen molar-refractivity contribution >= 4 is 15.7 Å². The molecule has 130 valence electrons. The van der Waals surface area contributed by atoms with Crippen molar-refractivity contribution in [2.75, 3.05) is 4.72 Å². The zero-order valence-corrected chi connectivity index (χ0v) is 13.8. The summed E-state index contributed by atoms with van der Waals surface area (Å²) in [6.45, 7) is 3.57. The normalized spacial score (nSPS) is 12.0. The van der Waals surface area contributed by atoms with Crippen LogP contribution in [0, 0.1) is 6.92 Å². The summed E-state index contributed by atoms with van der Waals surface area (Å²) in [5, 5.41) is 0. The molecule has 0 aromatic heterocycles. The van der Waals surface area contributed by atoms with E-state index in [0.717, 1.165) is 17.7 Å². The average Bonchev–Trinajstić information content (AvgIpc) is 2.48. The van der Waals surface area contributed by atoms with Crippen molar-refractivity contribution < 1.29 is 26.3 Å². The van der Waals surface area contributed by atoms with Crippen LogP contribution < -0.4 is 9.46 Å². The van der Waals surface area contributed by atoms with Crippen LogP contribution in [0.4, 0.5) is 18.9 Å². The molecule has 0 saturated carbocycles. The second-order valence-electron chi connectivity index (χ2n) is 5.06. The fourth-order valence-corrected chi connectivity index (χ4v) is 3.54. The molecule has 0 atom stereocenters. The summed E-state index contributed by atoms with van der Waals surface area (Å²) in [6.07, 6.45) is -4.41. The summed E-state index contributed by atoms with van der Waals surface area (Å²) in [6, 6.07) is 9.88. The smallest absolute Gasteiger partial charge is 0.404 e. The first-order valence-electron chi connectivity index (χ1n) is 7.10. The molecule has 0 bridgehead atoms. The Morgan fingerprint density at radius 1 is 1.08 bits per heavy atom. The maximum absolute atomic E-state index is 12.6. The first-order valence-corrected chi connectivity index (χ1v) is 8.58. The van der Waals surface area contributed by atoms with Gasteiger partial charge >= 0.3 is 6.36 Å². The highest BCUT2D eigenvalue weighted by Gasteiger charge is 2.34. The number of benzene rings is 2. The van der Waals surface area contributed by atoms with E-state index in [4.69, 9.17) is 0 Å². The fourth-order valence-electron chi connectivity index (χ4n) is 2.24. The molecule has 0 aliphatic rings. The summed E-state index contributed by atoms with van der Waals surface area (Å²) in [7, 11) is -4.25. The minimum atomic E-state index is -4.98.